The van der Waals surface area contributed by atoms with Crippen molar-refractivity contribution >= 4 is 17.1 Å². The largest absolute Gasteiger partial charge is 0.484 e. The van der Waals surface area contributed by atoms with Crippen molar-refractivity contribution in [1.82, 2.24) is 10.1 Å². The molecule has 178 valence electrons. The number of halogens is 3. The van der Waals surface area contributed by atoms with Gasteiger partial charge in [0, 0.05) is 18.5 Å². The van der Waals surface area contributed by atoms with Gasteiger partial charge in [-0.25, -0.2) is 4.79 Å². The number of alkyl halides is 3. The normalized spacial score (nSPS) is 15.9. The highest BCUT2D eigenvalue weighted by Gasteiger charge is 2.30. The molecule has 1 fully saturated rings. The minimum atomic E-state index is -4.48. The molecular formula is C22H29F3N2O5. The number of fused-ring (bicyclic) bond motifs is 1. The first kappa shape index (κ1) is 24.2. The van der Waals surface area contributed by atoms with Crippen LogP contribution in [0.3, 0.4) is 0 Å². The molecular weight excluding hydrogens is 429 g/mol. The second-order valence-electron chi connectivity index (χ2n) is 9.06. The van der Waals surface area contributed by atoms with Gasteiger partial charge in [-0.15, -0.1) is 0 Å². The third-order valence-electron chi connectivity index (χ3n) is 5.38. The van der Waals surface area contributed by atoms with Crippen molar-refractivity contribution in [3.63, 3.8) is 0 Å². The maximum absolute atomic E-state index is 12.5. The molecule has 0 unspecified atom stereocenters. The lowest BCUT2D eigenvalue weighted by molar-refractivity contribution is -0.153. The van der Waals surface area contributed by atoms with Gasteiger partial charge in [0.1, 0.15) is 11.4 Å². The SMILES string of the molecule is CC(C)(C)OC(=O)N1CCC(CCc2noc3c(CO)c(OCC(F)(F)F)ccc23)CC1. The lowest BCUT2D eigenvalue weighted by atomic mass is 9.91. The number of piperidine rings is 1. The van der Waals surface area contributed by atoms with Gasteiger partial charge in [-0.05, 0) is 64.5 Å². The Labute approximate surface area is 184 Å². The van der Waals surface area contributed by atoms with Crippen molar-refractivity contribution < 1.29 is 37.1 Å². The summed E-state index contributed by atoms with van der Waals surface area (Å²) in [5.41, 5.74) is 0.553. The molecule has 32 heavy (non-hydrogen) atoms. The van der Waals surface area contributed by atoms with E-state index < -0.39 is 25.0 Å². The molecule has 7 nitrogen and oxygen atoms in total. The average Bonchev–Trinajstić information content (AvgIpc) is 3.12. The van der Waals surface area contributed by atoms with Gasteiger partial charge in [-0.2, -0.15) is 13.2 Å². The van der Waals surface area contributed by atoms with E-state index in [1.54, 1.807) is 11.0 Å². The van der Waals surface area contributed by atoms with Gasteiger partial charge in [-0.3, -0.25) is 0 Å². The van der Waals surface area contributed by atoms with Crippen LogP contribution >= 0.6 is 0 Å². The van der Waals surface area contributed by atoms with Crippen LogP contribution in [0, 0.1) is 5.92 Å². The van der Waals surface area contributed by atoms with Gasteiger partial charge in [0.15, 0.2) is 12.2 Å². The van der Waals surface area contributed by atoms with Crippen molar-refractivity contribution in [3.8, 4) is 5.75 Å². The fourth-order valence-corrected chi connectivity index (χ4v) is 3.79. The van der Waals surface area contributed by atoms with Crippen molar-refractivity contribution in [3.05, 3.63) is 23.4 Å². The summed E-state index contributed by atoms with van der Waals surface area (Å²) in [4.78, 5) is 13.9. The number of carbonyl (C=O) groups is 1. The third-order valence-corrected chi connectivity index (χ3v) is 5.38. The van der Waals surface area contributed by atoms with Crippen LogP contribution in [0.25, 0.3) is 11.0 Å². The molecule has 1 aromatic carbocycles. The van der Waals surface area contributed by atoms with Gasteiger partial charge in [0.25, 0.3) is 0 Å². The first-order valence-corrected chi connectivity index (χ1v) is 10.7. The number of likely N-dealkylation sites (tertiary alicyclic amines) is 1. The maximum atomic E-state index is 12.5. The van der Waals surface area contributed by atoms with E-state index in [9.17, 15) is 23.1 Å². The first-order chi connectivity index (χ1) is 15.0. The summed E-state index contributed by atoms with van der Waals surface area (Å²) in [6.45, 7) is 4.81. The molecule has 2 aromatic rings. The summed E-state index contributed by atoms with van der Waals surface area (Å²) in [7, 11) is 0. The summed E-state index contributed by atoms with van der Waals surface area (Å²) in [6.07, 6.45) is -1.60. The number of rotatable bonds is 6. The Kier molecular flexibility index (Phi) is 7.22. The van der Waals surface area contributed by atoms with Crippen molar-refractivity contribution in [2.45, 2.75) is 64.8 Å². The molecule has 0 aliphatic carbocycles. The molecule has 0 radical (unpaired) electrons. The molecule has 0 saturated carbocycles. The van der Waals surface area contributed by atoms with Gasteiger partial charge in [0.2, 0.25) is 0 Å². The van der Waals surface area contributed by atoms with Gasteiger partial charge in [-0.1, -0.05) is 5.16 Å². The summed E-state index contributed by atoms with van der Waals surface area (Å²) in [5, 5.41) is 14.4. The Morgan fingerprint density at radius 3 is 2.53 bits per heavy atom. The standard InChI is InChI=1S/C22H29F3N2O5/c1-21(2,3)31-20(29)27-10-8-14(9-11-27)4-6-17-15-5-7-18(30-13-22(23,24)25)16(12-28)19(15)32-26-17/h5,7,14,28H,4,6,8-13H2,1-3H3. The molecule has 0 atom stereocenters. The first-order valence-electron chi connectivity index (χ1n) is 10.7. The van der Waals surface area contributed by atoms with Crippen LogP contribution in [0.5, 0.6) is 5.75 Å². The monoisotopic (exact) mass is 458 g/mol. The Morgan fingerprint density at radius 1 is 1.25 bits per heavy atom. The number of carbonyl (C=O) groups excluding carboxylic acids is 1. The second-order valence-corrected chi connectivity index (χ2v) is 9.06. The molecule has 1 amide bonds. The van der Waals surface area contributed by atoms with E-state index >= 15 is 0 Å². The highest BCUT2D eigenvalue weighted by molar-refractivity contribution is 5.84. The van der Waals surface area contributed by atoms with E-state index in [-0.39, 0.29) is 23.0 Å². The predicted octanol–water partition coefficient (Wildman–Crippen LogP) is 4.84. The van der Waals surface area contributed by atoms with E-state index in [0.29, 0.717) is 36.5 Å². The highest BCUT2D eigenvalue weighted by atomic mass is 19.4. The zero-order valence-electron chi connectivity index (χ0n) is 18.5. The zero-order valence-corrected chi connectivity index (χ0v) is 18.5. The van der Waals surface area contributed by atoms with Crippen molar-refractivity contribution in [2.75, 3.05) is 19.7 Å². The smallest absolute Gasteiger partial charge is 0.422 e. The number of aliphatic hydroxyl groups is 1. The summed E-state index contributed by atoms with van der Waals surface area (Å²) >= 11 is 0. The lowest BCUT2D eigenvalue weighted by Crippen LogP contribution is -2.41. The molecule has 3 rings (SSSR count). The number of hydrogen-bond acceptors (Lipinski definition) is 6. The minimum Gasteiger partial charge on any atom is -0.484 e. The fourth-order valence-electron chi connectivity index (χ4n) is 3.79. The molecule has 10 heteroatoms. The van der Waals surface area contributed by atoms with E-state index in [1.807, 2.05) is 20.8 Å². The Balaban J connectivity index is 1.59. The molecule has 1 saturated heterocycles. The molecule has 0 spiro atoms. The van der Waals surface area contributed by atoms with E-state index in [1.165, 1.54) is 6.07 Å². The number of ether oxygens (including phenoxy) is 2. The minimum absolute atomic E-state index is 0.0745. The van der Waals surface area contributed by atoms with Crippen LogP contribution in [0.15, 0.2) is 16.7 Å². The number of aryl methyl sites for hydroxylation is 1. The summed E-state index contributed by atoms with van der Waals surface area (Å²) in [5.74, 6) is 0.335. The second kappa shape index (κ2) is 9.56. The molecule has 1 aliphatic rings. The Bertz CT molecular complexity index is 928. The number of nitrogens with zero attached hydrogens (tertiary/aromatic N) is 2. The molecule has 1 N–H and O–H groups in total. The Morgan fingerprint density at radius 2 is 1.94 bits per heavy atom. The number of benzene rings is 1. The van der Waals surface area contributed by atoms with Gasteiger partial charge < -0.3 is 24.0 Å². The van der Waals surface area contributed by atoms with Crippen molar-refractivity contribution in [1.29, 1.82) is 0 Å². The van der Waals surface area contributed by atoms with E-state index in [0.717, 1.165) is 19.3 Å². The van der Waals surface area contributed by atoms with Crippen molar-refractivity contribution in [2.24, 2.45) is 5.92 Å². The molecule has 0 bridgehead atoms. The van der Waals surface area contributed by atoms with Crippen LogP contribution < -0.4 is 4.74 Å². The number of amides is 1. The number of hydrogen-bond donors (Lipinski definition) is 1. The van der Waals surface area contributed by atoms with Gasteiger partial charge >= 0.3 is 12.3 Å². The Hall–Kier alpha value is -2.49. The maximum Gasteiger partial charge on any atom is 0.422 e. The predicted molar refractivity (Wildman–Crippen MR) is 110 cm³/mol. The number of aromatic nitrogens is 1. The summed E-state index contributed by atoms with van der Waals surface area (Å²) < 4.78 is 52.9. The number of aliphatic hydroxyl groups excluding tert-OH is 1. The highest BCUT2D eigenvalue weighted by Crippen LogP contribution is 2.33. The third kappa shape index (κ3) is 6.27. The topological polar surface area (TPSA) is 85.0 Å². The quantitative estimate of drug-likeness (QED) is 0.667. The average molecular weight is 458 g/mol. The molecule has 2 heterocycles. The molecule has 1 aromatic heterocycles. The van der Waals surface area contributed by atoms with Crippen LogP contribution in [-0.2, 0) is 17.8 Å². The lowest BCUT2D eigenvalue weighted by Gasteiger charge is -2.33. The van der Waals surface area contributed by atoms with Crippen LogP contribution in [0.4, 0.5) is 18.0 Å². The van der Waals surface area contributed by atoms with Gasteiger partial charge in [0.05, 0.1) is 17.9 Å². The zero-order chi connectivity index (χ0) is 23.5. The van der Waals surface area contributed by atoms with E-state index in [2.05, 4.69) is 5.16 Å². The van der Waals surface area contributed by atoms with Crippen LogP contribution in [0.1, 0.15) is 51.3 Å². The molecule has 1 aliphatic heterocycles. The fraction of sp³-hybridized carbons (Fsp3) is 0.636. The van der Waals surface area contributed by atoms with E-state index in [4.69, 9.17) is 14.0 Å². The van der Waals surface area contributed by atoms with Crippen LogP contribution in [-0.4, -0.2) is 52.7 Å². The van der Waals surface area contributed by atoms with Crippen LogP contribution in [0.2, 0.25) is 0 Å². The summed E-state index contributed by atoms with van der Waals surface area (Å²) in [6, 6.07) is 3.01.